The molecule has 28 heavy (non-hydrogen) atoms. The summed E-state index contributed by atoms with van der Waals surface area (Å²) in [7, 11) is 1.58. The number of unbranched alkanes of at least 4 members (excludes halogenated alkanes) is 2. The first kappa shape index (κ1) is 23.8. The van der Waals surface area contributed by atoms with E-state index in [9.17, 15) is 14.4 Å². The summed E-state index contributed by atoms with van der Waals surface area (Å²) < 4.78 is 10.8. The smallest absolute Gasteiger partial charge is 0.230 e. The predicted octanol–water partition coefficient (Wildman–Crippen LogP) is 2.80. The number of hydrogen-bond acceptors (Lipinski definition) is 6. The second-order valence-electron chi connectivity index (χ2n) is 6.12. The minimum Gasteiger partial charge on any atom is -0.493 e. The third-order valence-electron chi connectivity index (χ3n) is 3.82. The predicted molar refractivity (Wildman–Crippen MR) is 110 cm³/mol. The Morgan fingerprint density at radius 2 is 1.89 bits per heavy atom. The first-order valence-electron chi connectivity index (χ1n) is 9.44. The Morgan fingerprint density at radius 3 is 2.57 bits per heavy atom. The Hall–Kier alpha value is -2.22. The van der Waals surface area contributed by atoms with Crippen molar-refractivity contribution in [2.75, 3.05) is 26.0 Å². The third-order valence-corrected chi connectivity index (χ3v) is 4.63. The Kier molecular flexibility index (Phi) is 11.8. The lowest BCUT2D eigenvalue weighted by Crippen LogP contribution is -2.26. The lowest BCUT2D eigenvalue weighted by Gasteiger charge is -2.10. The molecule has 0 fully saturated rings. The Morgan fingerprint density at radius 1 is 1.11 bits per heavy atom. The van der Waals surface area contributed by atoms with Crippen LogP contribution in [0.15, 0.2) is 35.4 Å². The lowest BCUT2D eigenvalue weighted by molar-refractivity contribution is -0.121. The van der Waals surface area contributed by atoms with Gasteiger partial charge in [-0.05, 0) is 38.0 Å². The number of carbonyl (C=O) groups is 3. The zero-order chi connectivity index (χ0) is 20.8. The normalized spacial score (nSPS) is 13.5. The van der Waals surface area contributed by atoms with E-state index in [-0.39, 0.29) is 22.7 Å². The van der Waals surface area contributed by atoms with Crippen molar-refractivity contribution in [2.24, 2.45) is 0 Å². The standard InChI is InChI=1S/C20H30N2O5S/c1-4-27-18-12-10-16(9-11-17(18)26-3)22-19(24)8-6-5-7-13-21-20(25)14-28-15(2)23/h9,11-12H,4-8,10,13-14H2,1-3H3,(H,21,25)(H,22,24). The number of carbonyl (C=O) groups excluding carboxylic acids is 3. The molecular weight excluding hydrogens is 380 g/mol. The molecule has 0 aliphatic heterocycles. The van der Waals surface area contributed by atoms with Gasteiger partial charge in [-0.15, -0.1) is 0 Å². The third kappa shape index (κ3) is 10.2. The van der Waals surface area contributed by atoms with E-state index >= 15 is 0 Å². The molecule has 2 N–H and O–H groups in total. The fourth-order valence-corrected chi connectivity index (χ4v) is 2.89. The van der Waals surface area contributed by atoms with Crippen LogP contribution in [0.1, 0.15) is 46.0 Å². The molecule has 156 valence electrons. The van der Waals surface area contributed by atoms with E-state index in [1.807, 2.05) is 19.1 Å². The molecule has 0 saturated heterocycles. The molecule has 1 aliphatic carbocycles. The van der Waals surface area contributed by atoms with E-state index in [1.54, 1.807) is 13.2 Å². The van der Waals surface area contributed by atoms with E-state index < -0.39 is 0 Å². The van der Waals surface area contributed by atoms with Crippen LogP contribution in [-0.2, 0) is 23.9 Å². The SMILES string of the molecule is CCOC1=CCC(NC(=O)CCCCCNC(=O)CSC(C)=O)=CC=C1OC. The second kappa shape index (κ2) is 13.9. The molecule has 0 aromatic heterocycles. The van der Waals surface area contributed by atoms with Crippen molar-refractivity contribution in [3.8, 4) is 0 Å². The number of ether oxygens (including phenoxy) is 2. The van der Waals surface area contributed by atoms with Crippen LogP contribution in [0.2, 0.25) is 0 Å². The van der Waals surface area contributed by atoms with Crippen LogP contribution in [0, 0.1) is 0 Å². The van der Waals surface area contributed by atoms with Gasteiger partial charge in [0.25, 0.3) is 0 Å². The molecule has 0 heterocycles. The molecule has 1 rings (SSSR count). The van der Waals surface area contributed by atoms with Crippen molar-refractivity contribution in [2.45, 2.75) is 46.0 Å². The van der Waals surface area contributed by atoms with Crippen molar-refractivity contribution in [3.63, 3.8) is 0 Å². The highest BCUT2D eigenvalue weighted by atomic mass is 32.2. The van der Waals surface area contributed by atoms with Crippen LogP contribution in [0.3, 0.4) is 0 Å². The summed E-state index contributed by atoms with van der Waals surface area (Å²) >= 11 is 1.00. The Balaban J connectivity index is 2.23. The first-order chi connectivity index (χ1) is 13.5. The molecule has 7 nitrogen and oxygen atoms in total. The van der Waals surface area contributed by atoms with Gasteiger partial charge in [0.05, 0.1) is 19.5 Å². The van der Waals surface area contributed by atoms with Crippen LogP contribution >= 0.6 is 11.8 Å². The summed E-state index contributed by atoms with van der Waals surface area (Å²) in [5.41, 5.74) is 0.796. The fraction of sp³-hybridized carbons (Fsp3) is 0.550. The molecule has 8 heteroatoms. The second-order valence-corrected chi connectivity index (χ2v) is 7.27. The van der Waals surface area contributed by atoms with Crippen molar-refractivity contribution >= 4 is 28.7 Å². The molecule has 1 aliphatic rings. The molecule has 0 unspecified atom stereocenters. The summed E-state index contributed by atoms with van der Waals surface area (Å²) in [6.45, 7) is 4.45. The lowest BCUT2D eigenvalue weighted by atomic mass is 10.2. The Bertz CT molecular complexity index is 641. The Labute approximate surface area is 171 Å². The van der Waals surface area contributed by atoms with Crippen LogP contribution in [0.5, 0.6) is 0 Å². The molecule has 0 aromatic carbocycles. The van der Waals surface area contributed by atoms with Crippen molar-refractivity contribution in [3.05, 3.63) is 35.4 Å². The van der Waals surface area contributed by atoms with Gasteiger partial charge in [0, 0.05) is 32.0 Å². The molecule has 0 saturated carbocycles. The molecule has 0 radical (unpaired) electrons. The summed E-state index contributed by atoms with van der Waals surface area (Å²) in [5.74, 6) is 1.30. The van der Waals surface area contributed by atoms with Crippen LogP contribution in [0.4, 0.5) is 0 Å². The zero-order valence-electron chi connectivity index (χ0n) is 16.8. The molecule has 0 aromatic rings. The summed E-state index contributed by atoms with van der Waals surface area (Å²) in [6.07, 6.45) is 8.89. The highest BCUT2D eigenvalue weighted by Crippen LogP contribution is 2.19. The largest absolute Gasteiger partial charge is 0.493 e. The van der Waals surface area contributed by atoms with Gasteiger partial charge in [0.15, 0.2) is 16.6 Å². The summed E-state index contributed by atoms with van der Waals surface area (Å²) in [4.78, 5) is 34.4. The number of allylic oxidation sites excluding steroid dienone is 3. The minimum atomic E-state index is -0.138. The first-order valence-corrected chi connectivity index (χ1v) is 10.4. The van der Waals surface area contributed by atoms with Gasteiger partial charge in [-0.3, -0.25) is 14.4 Å². The molecule has 2 amide bonds. The van der Waals surface area contributed by atoms with E-state index in [4.69, 9.17) is 9.47 Å². The summed E-state index contributed by atoms with van der Waals surface area (Å²) in [5, 5.41) is 5.62. The minimum absolute atomic E-state index is 0.0335. The zero-order valence-corrected chi connectivity index (χ0v) is 17.7. The number of nitrogens with one attached hydrogen (secondary N) is 2. The number of rotatable bonds is 12. The average Bonchev–Trinajstić information content (AvgIpc) is 2.85. The number of amides is 2. The number of thioether (sulfide) groups is 1. The quantitative estimate of drug-likeness (QED) is 0.481. The van der Waals surface area contributed by atoms with E-state index in [0.29, 0.717) is 37.5 Å². The van der Waals surface area contributed by atoms with Crippen LogP contribution < -0.4 is 10.6 Å². The maximum Gasteiger partial charge on any atom is 0.230 e. The van der Waals surface area contributed by atoms with Gasteiger partial charge >= 0.3 is 0 Å². The number of methoxy groups -OCH3 is 1. The maximum atomic E-state index is 12.1. The topological polar surface area (TPSA) is 93.7 Å². The van der Waals surface area contributed by atoms with Gasteiger partial charge in [0.1, 0.15) is 0 Å². The van der Waals surface area contributed by atoms with Gasteiger partial charge < -0.3 is 20.1 Å². The highest BCUT2D eigenvalue weighted by Gasteiger charge is 2.11. The monoisotopic (exact) mass is 410 g/mol. The van der Waals surface area contributed by atoms with Crippen molar-refractivity contribution in [1.29, 1.82) is 0 Å². The van der Waals surface area contributed by atoms with E-state index in [2.05, 4.69) is 10.6 Å². The maximum absolute atomic E-state index is 12.1. The van der Waals surface area contributed by atoms with Crippen LogP contribution in [0.25, 0.3) is 0 Å². The van der Waals surface area contributed by atoms with Crippen molar-refractivity contribution in [1.82, 2.24) is 10.6 Å². The van der Waals surface area contributed by atoms with Gasteiger partial charge in [-0.25, -0.2) is 0 Å². The van der Waals surface area contributed by atoms with E-state index in [1.165, 1.54) is 6.92 Å². The number of hydrogen-bond donors (Lipinski definition) is 2. The van der Waals surface area contributed by atoms with Crippen molar-refractivity contribution < 1.29 is 23.9 Å². The molecule has 0 atom stereocenters. The van der Waals surface area contributed by atoms with Gasteiger partial charge in [-0.2, -0.15) is 0 Å². The highest BCUT2D eigenvalue weighted by molar-refractivity contribution is 8.14. The van der Waals surface area contributed by atoms with E-state index in [0.717, 1.165) is 36.7 Å². The molecule has 0 bridgehead atoms. The molecule has 0 spiro atoms. The summed E-state index contributed by atoms with van der Waals surface area (Å²) in [6, 6.07) is 0. The van der Waals surface area contributed by atoms with Gasteiger partial charge in [-0.1, -0.05) is 18.2 Å². The van der Waals surface area contributed by atoms with Crippen LogP contribution in [-0.4, -0.2) is 42.9 Å². The van der Waals surface area contributed by atoms with Gasteiger partial charge in [0.2, 0.25) is 11.8 Å². The molecular formula is C20H30N2O5S. The fourth-order valence-electron chi connectivity index (χ4n) is 2.45. The average molecular weight is 411 g/mol.